The molecule has 0 unspecified atom stereocenters. The lowest BCUT2D eigenvalue weighted by Crippen LogP contribution is -2.43. The summed E-state index contributed by atoms with van der Waals surface area (Å²) in [4.78, 5) is 43.4. The molecule has 0 bridgehead atoms. The number of carboxylic acids is 1. The molecule has 1 rings (SSSR count). The van der Waals surface area contributed by atoms with Crippen LogP contribution in [0.3, 0.4) is 0 Å². The summed E-state index contributed by atoms with van der Waals surface area (Å²) in [6, 6.07) is 1.71. The maximum atomic E-state index is 11.8. The van der Waals surface area contributed by atoms with Gasteiger partial charge in [-0.2, -0.15) is 0 Å². The van der Waals surface area contributed by atoms with Crippen LogP contribution in [0, 0.1) is 10.1 Å². The summed E-state index contributed by atoms with van der Waals surface area (Å²) in [5, 5.41) is 21.4. The number of hydrogen-bond donors (Lipinski definition) is 3. The van der Waals surface area contributed by atoms with Crippen LogP contribution in [0.5, 0.6) is 0 Å². The van der Waals surface area contributed by atoms with Crippen molar-refractivity contribution in [1.29, 1.82) is 0 Å². The van der Waals surface area contributed by atoms with Gasteiger partial charge in [-0.25, -0.2) is 4.79 Å². The molecule has 0 fully saturated rings. The zero-order valence-corrected chi connectivity index (χ0v) is 11.2. The van der Waals surface area contributed by atoms with E-state index in [0.717, 1.165) is 12.1 Å². The summed E-state index contributed by atoms with van der Waals surface area (Å²) in [6.45, 7) is 0. The smallest absolute Gasteiger partial charge is 0.326 e. The fourth-order valence-corrected chi connectivity index (χ4v) is 1.62. The van der Waals surface area contributed by atoms with E-state index in [9.17, 15) is 24.5 Å². The molecule has 0 aliphatic carbocycles. The van der Waals surface area contributed by atoms with Crippen LogP contribution in [0.4, 0.5) is 5.69 Å². The Labute approximate surface area is 122 Å². The van der Waals surface area contributed by atoms with Gasteiger partial charge in [0.2, 0.25) is 5.91 Å². The van der Waals surface area contributed by atoms with Crippen LogP contribution >= 0.6 is 11.6 Å². The van der Waals surface area contributed by atoms with E-state index >= 15 is 0 Å². The first-order valence-electron chi connectivity index (χ1n) is 5.48. The maximum Gasteiger partial charge on any atom is 0.326 e. The average Bonchev–Trinajstić information content (AvgIpc) is 2.37. The van der Waals surface area contributed by atoms with Crippen LogP contribution in [0.25, 0.3) is 0 Å². The first-order valence-corrected chi connectivity index (χ1v) is 5.86. The minimum atomic E-state index is -1.52. The predicted molar refractivity (Wildman–Crippen MR) is 70.8 cm³/mol. The summed E-state index contributed by atoms with van der Waals surface area (Å²) in [5.74, 6) is -3.26. The number of rotatable bonds is 6. The Hall–Kier alpha value is -2.68. The van der Waals surface area contributed by atoms with E-state index in [-0.39, 0.29) is 10.6 Å². The van der Waals surface area contributed by atoms with Crippen LogP contribution in [-0.4, -0.2) is 33.9 Å². The molecular formula is C11H10ClN3O6. The van der Waals surface area contributed by atoms with Gasteiger partial charge in [0.25, 0.3) is 11.6 Å². The number of carbonyl (C=O) groups is 3. The number of primary amides is 1. The van der Waals surface area contributed by atoms with Gasteiger partial charge in [-0.15, -0.1) is 0 Å². The molecule has 0 saturated carbocycles. The molecule has 0 aliphatic heterocycles. The topological polar surface area (TPSA) is 153 Å². The summed E-state index contributed by atoms with van der Waals surface area (Å²) in [7, 11) is 0. The second kappa shape index (κ2) is 6.66. The van der Waals surface area contributed by atoms with Crippen molar-refractivity contribution >= 4 is 35.1 Å². The minimum Gasteiger partial charge on any atom is -0.480 e. The zero-order chi connectivity index (χ0) is 16.2. The number of nitrogens with zero attached hydrogens (tertiary/aromatic N) is 1. The lowest BCUT2D eigenvalue weighted by Gasteiger charge is -2.12. The first kappa shape index (κ1) is 16.4. The number of carboxylic acid groups (broad SMARTS) is 1. The minimum absolute atomic E-state index is 0.163. The molecule has 1 aromatic rings. The standard InChI is InChI=1S/C11H10ClN3O6/c12-6-2-1-5(3-8(6)15(20)21)10(17)14-7(11(18)19)4-9(13)16/h1-3,7H,4H2,(H2,13,16)(H,14,17)(H,18,19)/t7-/m1/s1. The molecular weight excluding hydrogens is 306 g/mol. The molecule has 21 heavy (non-hydrogen) atoms. The normalized spacial score (nSPS) is 11.5. The molecule has 10 heteroatoms. The lowest BCUT2D eigenvalue weighted by molar-refractivity contribution is -0.384. The van der Waals surface area contributed by atoms with E-state index in [1.54, 1.807) is 0 Å². The fourth-order valence-electron chi connectivity index (χ4n) is 1.44. The van der Waals surface area contributed by atoms with E-state index in [1.165, 1.54) is 6.07 Å². The number of nitro groups is 1. The summed E-state index contributed by atoms with van der Waals surface area (Å²) < 4.78 is 0. The van der Waals surface area contributed by atoms with Crippen molar-refractivity contribution in [3.63, 3.8) is 0 Å². The van der Waals surface area contributed by atoms with Gasteiger partial charge in [0.15, 0.2) is 0 Å². The van der Waals surface area contributed by atoms with Crippen molar-refractivity contribution in [1.82, 2.24) is 5.32 Å². The monoisotopic (exact) mass is 315 g/mol. The Balaban J connectivity index is 2.97. The van der Waals surface area contributed by atoms with E-state index in [2.05, 4.69) is 0 Å². The predicted octanol–water partition coefficient (Wildman–Crippen LogP) is 0.307. The highest BCUT2D eigenvalue weighted by Gasteiger charge is 2.24. The lowest BCUT2D eigenvalue weighted by atomic mass is 10.1. The van der Waals surface area contributed by atoms with Gasteiger partial charge < -0.3 is 16.2 Å². The quantitative estimate of drug-likeness (QED) is 0.507. The number of benzene rings is 1. The number of carbonyl (C=O) groups excluding carboxylic acids is 2. The van der Waals surface area contributed by atoms with Crippen LogP contribution < -0.4 is 11.1 Å². The maximum absolute atomic E-state index is 11.8. The number of amides is 2. The van der Waals surface area contributed by atoms with Gasteiger partial charge in [0, 0.05) is 11.6 Å². The second-order valence-electron chi connectivity index (χ2n) is 3.96. The molecule has 0 spiro atoms. The third-order valence-corrected chi connectivity index (χ3v) is 2.73. The second-order valence-corrected chi connectivity index (χ2v) is 4.37. The van der Waals surface area contributed by atoms with E-state index in [4.69, 9.17) is 22.4 Å². The van der Waals surface area contributed by atoms with Crippen molar-refractivity contribution in [3.05, 3.63) is 38.9 Å². The molecule has 0 heterocycles. The summed E-state index contributed by atoms with van der Waals surface area (Å²) in [5.41, 5.74) is 4.21. The SMILES string of the molecule is NC(=O)C[C@@H](NC(=O)c1ccc(Cl)c([N+](=O)[O-])c1)C(=O)O. The van der Waals surface area contributed by atoms with Gasteiger partial charge in [0.05, 0.1) is 11.3 Å². The average molecular weight is 316 g/mol. The third kappa shape index (κ3) is 4.42. The van der Waals surface area contributed by atoms with Crippen molar-refractivity contribution in [2.24, 2.45) is 5.73 Å². The zero-order valence-electron chi connectivity index (χ0n) is 10.4. The van der Waals surface area contributed by atoms with Crippen LogP contribution in [0.2, 0.25) is 5.02 Å². The Morgan fingerprint density at radius 3 is 2.52 bits per heavy atom. The highest BCUT2D eigenvalue weighted by atomic mass is 35.5. The number of aliphatic carboxylic acids is 1. The van der Waals surface area contributed by atoms with E-state index in [0.29, 0.717) is 0 Å². The van der Waals surface area contributed by atoms with Crippen molar-refractivity contribution in [3.8, 4) is 0 Å². The Kier molecular flexibility index (Phi) is 5.19. The molecule has 2 amide bonds. The van der Waals surface area contributed by atoms with Gasteiger partial charge in [0.1, 0.15) is 11.1 Å². The Morgan fingerprint density at radius 1 is 1.43 bits per heavy atom. The van der Waals surface area contributed by atoms with Gasteiger partial charge >= 0.3 is 5.97 Å². The fraction of sp³-hybridized carbons (Fsp3) is 0.182. The largest absolute Gasteiger partial charge is 0.480 e. The van der Waals surface area contributed by atoms with E-state index < -0.39 is 40.9 Å². The molecule has 112 valence electrons. The number of nitrogens with two attached hydrogens (primary N) is 1. The molecule has 9 nitrogen and oxygen atoms in total. The van der Waals surface area contributed by atoms with Crippen molar-refractivity contribution in [2.75, 3.05) is 0 Å². The summed E-state index contributed by atoms with van der Waals surface area (Å²) >= 11 is 5.59. The molecule has 0 saturated heterocycles. The van der Waals surface area contributed by atoms with Crippen LogP contribution in [-0.2, 0) is 9.59 Å². The highest BCUT2D eigenvalue weighted by molar-refractivity contribution is 6.32. The number of hydrogen-bond acceptors (Lipinski definition) is 5. The van der Waals surface area contributed by atoms with Crippen LogP contribution in [0.15, 0.2) is 18.2 Å². The van der Waals surface area contributed by atoms with E-state index in [1.807, 2.05) is 5.32 Å². The molecule has 0 aromatic heterocycles. The Morgan fingerprint density at radius 2 is 2.05 bits per heavy atom. The van der Waals surface area contributed by atoms with Crippen LogP contribution in [0.1, 0.15) is 16.8 Å². The van der Waals surface area contributed by atoms with Crippen molar-refractivity contribution in [2.45, 2.75) is 12.5 Å². The number of halogens is 1. The first-order chi connectivity index (χ1) is 9.72. The molecule has 0 radical (unpaired) electrons. The molecule has 4 N–H and O–H groups in total. The van der Waals surface area contributed by atoms with Gasteiger partial charge in [-0.05, 0) is 12.1 Å². The highest BCUT2D eigenvalue weighted by Crippen LogP contribution is 2.25. The van der Waals surface area contributed by atoms with Gasteiger partial charge in [-0.3, -0.25) is 19.7 Å². The Bertz CT molecular complexity index is 618. The molecule has 0 aliphatic rings. The number of nitro benzene ring substituents is 1. The third-order valence-electron chi connectivity index (χ3n) is 2.41. The van der Waals surface area contributed by atoms with Crippen molar-refractivity contribution < 1.29 is 24.4 Å². The number of nitrogens with one attached hydrogen (secondary N) is 1. The molecule has 1 aromatic carbocycles. The molecule has 1 atom stereocenters. The van der Waals surface area contributed by atoms with Gasteiger partial charge in [-0.1, -0.05) is 11.6 Å². The summed E-state index contributed by atoms with van der Waals surface area (Å²) in [6.07, 6.45) is -0.600.